The number of carbonyl (C=O) groups excluding carboxylic acids is 1. The average molecular weight is 283 g/mol. The van der Waals surface area contributed by atoms with E-state index < -0.39 is 5.82 Å². The Morgan fingerprint density at radius 1 is 1.37 bits per heavy atom. The van der Waals surface area contributed by atoms with Crippen LogP contribution in [0.25, 0.3) is 0 Å². The summed E-state index contributed by atoms with van der Waals surface area (Å²) in [5.74, 6) is 0.370. The molecule has 1 saturated heterocycles. The quantitative estimate of drug-likeness (QED) is 0.859. The van der Waals surface area contributed by atoms with Crippen LogP contribution < -0.4 is 5.73 Å². The summed E-state index contributed by atoms with van der Waals surface area (Å²) in [6.07, 6.45) is 2.14. The van der Waals surface area contributed by atoms with Crippen molar-refractivity contribution in [3.05, 3.63) is 34.6 Å². The molecule has 102 valence electrons. The molecule has 1 aliphatic heterocycles. The van der Waals surface area contributed by atoms with E-state index in [2.05, 4.69) is 0 Å². The van der Waals surface area contributed by atoms with Gasteiger partial charge in [0.2, 0.25) is 0 Å². The second-order valence-corrected chi connectivity index (χ2v) is 5.91. The van der Waals surface area contributed by atoms with Gasteiger partial charge < -0.3 is 10.6 Å². The summed E-state index contributed by atoms with van der Waals surface area (Å²) in [6.45, 7) is 1.43. The SMILES string of the molecule is NC1CCC2CN(C(=O)c3ccc(F)cc3Cl)CC12. The van der Waals surface area contributed by atoms with Crippen LogP contribution >= 0.6 is 11.6 Å². The maximum Gasteiger partial charge on any atom is 0.255 e. The van der Waals surface area contributed by atoms with E-state index in [1.54, 1.807) is 4.90 Å². The van der Waals surface area contributed by atoms with Gasteiger partial charge in [0.05, 0.1) is 10.6 Å². The van der Waals surface area contributed by atoms with E-state index in [9.17, 15) is 9.18 Å². The minimum Gasteiger partial charge on any atom is -0.338 e. The van der Waals surface area contributed by atoms with Crippen molar-refractivity contribution >= 4 is 17.5 Å². The summed E-state index contributed by atoms with van der Waals surface area (Å²) in [5, 5.41) is 0.173. The van der Waals surface area contributed by atoms with Crippen molar-refractivity contribution in [2.45, 2.75) is 18.9 Å². The molecule has 2 fully saturated rings. The minimum absolute atomic E-state index is 0.119. The third-order valence-corrected chi connectivity index (χ3v) is 4.67. The number of amides is 1. The van der Waals surface area contributed by atoms with Crippen LogP contribution in [0.2, 0.25) is 5.02 Å². The third-order valence-electron chi connectivity index (χ3n) is 4.36. The maximum atomic E-state index is 13.0. The van der Waals surface area contributed by atoms with E-state index >= 15 is 0 Å². The van der Waals surface area contributed by atoms with Crippen LogP contribution in [-0.4, -0.2) is 29.9 Å². The number of hydrogen-bond donors (Lipinski definition) is 1. The smallest absolute Gasteiger partial charge is 0.255 e. The van der Waals surface area contributed by atoms with E-state index in [4.69, 9.17) is 17.3 Å². The molecule has 1 saturated carbocycles. The Morgan fingerprint density at radius 2 is 2.16 bits per heavy atom. The number of rotatable bonds is 1. The van der Waals surface area contributed by atoms with Crippen molar-refractivity contribution in [1.82, 2.24) is 4.90 Å². The van der Waals surface area contributed by atoms with Gasteiger partial charge in [-0.15, -0.1) is 0 Å². The van der Waals surface area contributed by atoms with Crippen molar-refractivity contribution < 1.29 is 9.18 Å². The van der Waals surface area contributed by atoms with Gasteiger partial charge >= 0.3 is 0 Å². The van der Waals surface area contributed by atoms with Crippen LogP contribution in [0.5, 0.6) is 0 Å². The molecular formula is C14H16ClFN2O. The Balaban J connectivity index is 1.78. The van der Waals surface area contributed by atoms with Gasteiger partial charge in [0.15, 0.2) is 0 Å². The van der Waals surface area contributed by atoms with Crippen molar-refractivity contribution in [3.63, 3.8) is 0 Å². The van der Waals surface area contributed by atoms with Gasteiger partial charge in [-0.25, -0.2) is 4.39 Å². The van der Waals surface area contributed by atoms with Crippen LogP contribution in [-0.2, 0) is 0 Å². The fourth-order valence-electron chi connectivity index (χ4n) is 3.31. The lowest BCUT2D eigenvalue weighted by Gasteiger charge is -2.19. The Labute approximate surface area is 116 Å². The number of benzene rings is 1. The second kappa shape index (κ2) is 4.76. The number of hydrogen-bond acceptors (Lipinski definition) is 2. The molecule has 0 spiro atoms. The number of nitrogens with zero attached hydrogens (tertiary/aromatic N) is 1. The second-order valence-electron chi connectivity index (χ2n) is 5.50. The monoisotopic (exact) mass is 282 g/mol. The molecule has 1 aromatic rings. The van der Waals surface area contributed by atoms with Gasteiger partial charge in [-0.2, -0.15) is 0 Å². The van der Waals surface area contributed by atoms with Crippen LogP contribution in [0.3, 0.4) is 0 Å². The van der Waals surface area contributed by atoms with Gasteiger partial charge in [-0.3, -0.25) is 4.79 Å². The first-order valence-corrected chi connectivity index (χ1v) is 6.94. The summed E-state index contributed by atoms with van der Waals surface area (Å²) < 4.78 is 13.0. The molecule has 5 heteroatoms. The number of fused-ring (bicyclic) bond motifs is 1. The molecule has 0 bridgehead atoms. The molecule has 3 nitrogen and oxygen atoms in total. The third kappa shape index (κ3) is 2.23. The Hall–Kier alpha value is -1.13. The summed E-state index contributed by atoms with van der Waals surface area (Å²) in [4.78, 5) is 14.2. The summed E-state index contributed by atoms with van der Waals surface area (Å²) in [7, 11) is 0. The highest BCUT2D eigenvalue weighted by atomic mass is 35.5. The van der Waals surface area contributed by atoms with E-state index in [0.29, 0.717) is 23.9 Å². The normalized spacial score (nSPS) is 29.6. The van der Waals surface area contributed by atoms with E-state index in [1.165, 1.54) is 18.2 Å². The standard InChI is InChI=1S/C14H16ClFN2O/c15-12-5-9(16)2-3-10(12)14(19)18-6-8-1-4-13(17)11(8)7-18/h2-3,5,8,11,13H,1,4,6-7,17H2. The van der Waals surface area contributed by atoms with Gasteiger partial charge in [0.1, 0.15) is 5.82 Å². The first kappa shape index (κ1) is 12.9. The molecule has 0 aromatic heterocycles. The van der Waals surface area contributed by atoms with Gasteiger partial charge in [-0.05, 0) is 42.9 Å². The van der Waals surface area contributed by atoms with Crippen LogP contribution in [0, 0.1) is 17.7 Å². The van der Waals surface area contributed by atoms with Crippen molar-refractivity contribution in [2.75, 3.05) is 13.1 Å². The van der Waals surface area contributed by atoms with Crippen molar-refractivity contribution in [1.29, 1.82) is 0 Å². The van der Waals surface area contributed by atoms with Crippen LogP contribution in [0.4, 0.5) is 4.39 Å². The zero-order chi connectivity index (χ0) is 13.6. The number of likely N-dealkylation sites (tertiary alicyclic amines) is 1. The lowest BCUT2D eigenvalue weighted by molar-refractivity contribution is 0.0779. The molecular weight excluding hydrogens is 267 g/mol. The molecule has 1 heterocycles. The van der Waals surface area contributed by atoms with Crippen LogP contribution in [0.15, 0.2) is 18.2 Å². The molecule has 3 atom stereocenters. The molecule has 1 aromatic carbocycles. The number of carbonyl (C=O) groups is 1. The lowest BCUT2D eigenvalue weighted by atomic mass is 9.98. The predicted molar refractivity (Wildman–Crippen MR) is 71.5 cm³/mol. The largest absolute Gasteiger partial charge is 0.338 e. The van der Waals surface area contributed by atoms with Gasteiger partial charge in [0.25, 0.3) is 5.91 Å². The Bertz CT molecular complexity index is 522. The van der Waals surface area contributed by atoms with Crippen molar-refractivity contribution in [2.24, 2.45) is 17.6 Å². The predicted octanol–water partition coefficient (Wildman–Crippen LogP) is 2.29. The fourth-order valence-corrected chi connectivity index (χ4v) is 3.55. The fraction of sp³-hybridized carbons (Fsp3) is 0.500. The minimum atomic E-state index is -0.429. The number of nitrogens with two attached hydrogens (primary N) is 1. The highest BCUT2D eigenvalue weighted by Gasteiger charge is 2.42. The maximum absolute atomic E-state index is 13.0. The molecule has 2 N–H and O–H groups in total. The topological polar surface area (TPSA) is 46.3 Å². The Morgan fingerprint density at radius 3 is 2.84 bits per heavy atom. The first-order valence-electron chi connectivity index (χ1n) is 6.56. The summed E-state index contributed by atoms with van der Waals surface area (Å²) in [5.41, 5.74) is 6.43. The molecule has 1 amide bonds. The molecule has 1 aliphatic carbocycles. The van der Waals surface area contributed by atoms with E-state index in [-0.39, 0.29) is 17.0 Å². The number of halogens is 2. The van der Waals surface area contributed by atoms with E-state index in [1.807, 2.05) is 0 Å². The lowest BCUT2D eigenvalue weighted by Crippen LogP contribution is -2.33. The molecule has 3 unspecified atom stereocenters. The molecule has 0 radical (unpaired) electrons. The zero-order valence-corrected chi connectivity index (χ0v) is 11.2. The Kier molecular flexibility index (Phi) is 3.23. The molecule has 3 rings (SSSR count). The van der Waals surface area contributed by atoms with Gasteiger partial charge in [-0.1, -0.05) is 11.6 Å². The van der Waals surface area contributed by atoms with Crippen molar-refractivity contribution in [3.8, 4) is 0 Å². The highest BCUT2D eigenvalue weighted by Crippen LogP contribution is 2.38. The zero-order valence-electron chi connectivity index (χ0n) is 10.5. The summed E-state index contributed by atoms with van der Waals surface area (Å²) >= 11 is 5.94. The van der Waals surface area contributed by atoms with E-state index in [0.717, 1.165) is 19.4 Å². The average Bonchev–Trinajstić information content (AvgIpc) is 2.91. The van der Waals surface area contributed by atoms with Crippen LogP contribution in [0.1, 0.15) is 23.2 Å². The molecule has 2 aliphatic rings. The molecule has 19 heavy (non-hydrogen) atoms. The van der Waals surface area contributed by atoms with Gasteiger partial charge in [0, 0.05) is 19.1 Å². The summed E-state index contributed by atoms with van der Waals surface area (Å²) in [6, 6.07) is 4.10. The highest BCUT2D eigenvalue weighted by molar-refractivity contribution is 6.33. The first-order chi connectivity index (χ1) is 9.06.